The van der Waals surface area contributed by atoms with Crippen molar-refractivity contribution >= 4 is 40.5 Å². The van der Waals surface area contributed by atoms with Gasteiger partial charge >= 0.3 is 5.97 Å². The van der Waals surface area contributed by atoms with Gasteiger partial charge in [-0.1, -0.05) is 18.2 Å². The van der Waals surface area contributed by atoms with E-state index in [0.29, 0.717) is 29.8 Å². The number of hydrogen-bond donors (Lipinski definition) is 1. The van der Waals surface area contributed by atoms with Crippen LogP contribution in [-0.4, -0.2) is 56.7 Å². The highest BCUT2D eigenvalue weighted by Crippen LogP contribution is 2.22. The van der Waals surface area contributed by atoms with Gasteiger partial charge in [0.1, 0.15) is 0 Å². The van der Waals surface area contributed by atoms with Crippen molar-refractivity contribution in [3.8, 4) is 0 Å². The summed E-state index contributed by atoms with van der Waals surface area (Å²) in [6.45, 7) is 2.92. The number of fused-ring (bicyclic) bond motifs is 2. The average molecular weight is 401 g/mol. The molecule has 1 aromatic carbocycles. The van der Waals surface area contributed by atoms with Crippen molar-refractivity contribution in [1.82, 2.24) is 19.4 Å². The van der Waals surface area contributed by atoms with E-state index in [1.165, 1.54) is 0 Å². The minimum Gasteiger partial charge on any atom is -0.478 e. The van der Waals surface area contributed by atoms with Gasteiger partial charge in [0, 0.05) is 37.1 Å². The predicted octanol–water partition coefficient (Wildman–Crippen LogP) is 2.98. The van der Waals surface area contributed by atoms with Gasteiger partial charge in [0.2, 0.25) is 0 Å². The minimum atomic E-state index is -0.975. The fourth-order valence-electron chi connectivity index (χ4n) is 3.63. The van der Waals surface area contributed by atoms with Crippen molar-refractivity contribution in [2.24, 2.45) is 0 Å². The number of pyridine rings is 1. The van der Waals surface area contributed by atoms with Crippen LogP contribution in [0.1, 0.15) is 21.7 Å². The predicted molar refractivity (Wildman–Crippen MR) is 114 cm³/mol. The Labute approximate surface area is 172 Å². The second kappa shape index (κ2) is 7.57. The number of ether oxygens (including phenoxy) is 1. The first kappa shape index (κ1) is 18.3. The molecule has 0 atom stereocenters. The second-order valence-electron chi connectivity index (χ2n) is 7.00. The first-order valence-electron chi connectivity index (χ1n) is 9.66. The van der Waals surface area contributed by atoms with Crippen LogP contribution in [0.2, 0.25) is 0 Å². The van der Waals surface area contributed by atoms with Crippen molar-refractivity contribution in [3.05, 3.63) is 65.9 Å². The van der Waals surface area contributed by atoms with Gasteiger partial charge in [0.15, 0.2) is 11.5 Å². The third kappa shape index (κ3) is 3.37. The Kier molecular flexibility index (Phi) is 4.61. The number of imidazole rings is 1. The van der Waals surface area contributed by atoms with Crippen LogP contribution in [0.3, 0.4) is 0 Å². The summed E-state index contributed by atoms with van der Waals surface area (Å²) in [6, 6.07) is 8.81. The molecule has 4 aromatic rings. The normalized spacial score (nSPS) is 14.7. The van der Waals surface area contributed by atoms with E-state index in [-0.39, 0.29) is 5.56 Å². The Bertz CT molecular complexity index is 1270. The lowest BCUT2D eigenvalue weighted by Gasteiger charge is -2.27. The fraction of sp³-hybridized carbons (Fsp3) is 0.182. The number of para-hydroxylation sites is 1. The van der Waals surface area contributed by atoms with Crippen LogP contribution in [-0.2, 0) is 4.74 Å². The molecule has 3 aromatic heterocycles. The number of morpholine rings is 1. The van der Waals surface area contributed by atoms with E-state index in [1.54, 1.807) is 24.4 Å². The molecule has 0 radical (unpaired) electrons. The topological polar surface area (TPSA) is 92.8 Å². The Balaban J connectivity index is 1.51. The number of rotatable bonds is 4. The summed E-state index contributed by atoms with van der Waals surface area (Å²) < 4.78 is 7.36. The first-order chi connectivity index (χ1) is 14.7. The number of aromatic carboxylic acids is 1. The number of hydrogen-bond acceptors (Lipinski definition) is 6. The largest absolute Gasteiger partial charge is 0.478 e. The summed E-state index contributed by atoms with van der Waals surface area (Å²) in [7, 11) is 0. The van der Waals surface area contributed by atoms with Crippen LogP contribution in [0.25, 0.3) is 28.7 Å². The standard InChI is InChI=1S/C22H19N5O3/c28-22(29)18-13-15(24-19-4-2-1-3-17(18)19)5-6-16-14-27-8-7-23-20(21(27)25-16)26-9-11-30-12-10-26/h1-8,13-14H,9-12H2,(H,28,29)/b6-5+. The van der Waals surface area contributed by atoms with Gasteiger partial charge in [-0.05, 0) is 24.3 Å². The lowest BCUT2D eigenvalue weighted by Crippen LogP contribution is -2.37. The zero-order chi connectivity index (χ0) is 20.5. The lowest BCUT2D eigenvalue weighted by molar-refractivity contribution is 0.0699. The number of nitrogens with zero attached hydrogens (tertiary/aromatic N) is 5. The third-order valence-electron chi connectivity index (χ3n) is 5.08. The van der Waals surface area contributed by atoms with Crippen LogP contribution < -0.4 is 4.90 Å². The number of carbonyl (C=O) groups is 1. The highest BCUT2D eigenvalue weighted by molar-refractivity contribution is 6.03. The van der Waals surface area contributed by atoms with Crippen LogP contribution >= 0.6 is 0 Å². The molecule has 0 saturated carbocycles. The Morgan fingerprint density at radius 1 is 1.10 bits per heavy atom. The van der Waals surface area contributed by atoms with Gasteiger partial charge in [-0.3, -0.25) is 0 Å². The molecule has 0 amide bonds. The average Bonchev–Trinajstić information content (AvgIpc) is 3.21. The van der Waals surface area contributed by atoms with Crippen LogP contribution in [0.5, 0.6) is 0 Å². The van der Waals surface area contributed by atoms with Crippen molar-refractivity contribution in [2.75, 3.05) is 31.2 Å². The second-order valence-corrected chi connectivity index (χ2v) is 7.00. The van der Waals surface area contributed by atoms with Gasteiger partial charge in [0.05, 0.1) is 35.7 Å². The molecule has 4 heterocycles. The number of aromatic nitrogens is 4. The summed E-state index contributed by atoms with van der Waals surface area (Å²) in [6.07, 6.45) is 9.15. The summed E-state index contributed by atoms with van der Waals surface area (Å²) in [4.78, 5) is 27.6. The molecular weight excluding hydrogens is 382 g/mol. The molecular formula is C22H19N5O3. The van der Waals surface area contributed by atoms with E-state index in [2.05, 4.69) is 14.9 Å². The molecule has 8 heteroatoms. The Morgan fingerprint density at radius 3 is 2.73 bits per heavy atom. The minimum absolute atomic E-state index is 0.231. The van der Waals surface area contributed by atoms with E-state index >= 15 is 0 Å². The maximum atomic E-state index is 11.7. The van der Waals surface area contributed by atoms with Gasteiger partial charge in [-0.25, -0.2) is 19.7 Å². The molecule has 0 aliphatic carbocycles. The summed E-state index contributed by atoms with van der Waals surface area (Å²) in [5.41, 5.74) is 2.95. The quantitative estimate of drug-likeness (QED) is 0.562. The Morgan fingerprint density at radius 2 is 1.90 bits per heavy atom. The highest BCUT2D eigenvalue weighted by atomic mass is 16.5. The van der Waals surface area contributed by atoms with Crippen LogP contribution in [0.15, 0.2) is 48.9 Å². The molecule has 1 N–H and O–H groups in total. The zero-order valence-corrected chi connectivity index (χ0v) is 16.1. The third-order valence-corrected chi connectivity index (χ3v) is 5.08. The van der Waals surface area contributed by atoms with E-state index in [9.17, 15) is 9.90 Å². The van der Waals surface area contributed by atoms with Gasteiger partial charge < -0.3 is 19.1 Å². The van der Waals surface area contributed by atoms with Gasteiger partial charge in [0.25, 0.3) is 0 Å². The maximum absolute atomic E-state index is 11.7. The number of anilines is 1. The van der Waals surface area contributed by atoms with E-state index in [1.807, 2.05) is 41.1 Å². The van der Waals surface area contributed by atoms with Crippen molar-refractivity contribution in [3.63, 3.8) is 0 Å². The van der Waals surface area contributed by atoms with Crippen molar-refractivity contribution in [1.29, 1.82) is 0 Å². The molecule has 0 bridgehead atoms. The molecule has 30 heavy (non-hydrogen) atoms. The molecule has 5 rings (SSSR count). The zero-order valence-electron chi connectivity index (χ0n) is 16.1. The van der Waals surface area contributed by atoms with Crippen LogP contribution in [0.4, 0.5) is 5.82 Å². The summed E-state index contributed by atoms with van der Waals surface area (Å²) in [5.74, 6) is -0.144. The SMILES string of the molecule is O=C(O)c1cc(/C=C/c2cn3ccnc(N4CCOCC4)c3n2)nc2ccccc12. The smallest absolute Gasteiger partial charge is 0.336 e. The number of carboxylic acids is 1. The molecule has 1 saturated heterocycles. The number of benzene rings is 1. The highest BCUT2D eigenvalue weighted by Gasteiger charge is 2.17. The van der Waals surface area contributed by atoms with Crippen molar-refractivity contribution in [2.45, 2.75) is 0 Å². The monoisotopic (exact) mass is 401 g/mol. The lowest BCUT2D eigenvalue weighted by atomic mass is 10.1. The van der Waals surface area contributed by atoms with Gasteiger partial charge in [-0.2, -0.15) is 0 Å². The fourth-order valence-corrected chi connectivity index (χ4v) is 3.63. The summed E-state index contributed by atoms with van der Waals surface area (Å²) in [5, 5.41) is 10.2. The molecule has 1 aliphatic rings. The first-order valence-corrected chi connectivity index (χ1v) is 9.66. The Hall–Kier alpha value is -3.78. The summed E-state index contributed by atoms with van der Waals surface area (Å²) >= 11 is 0. The van der Waals surface area contributed by atoms with Crippen LogP contribution in [0, 0.1) is 0 Å². The number of carboxylic acid groups (broad SMARTS) is 1. The molecule has 0 spiro atoms. The molecule has 1 fully saturated rings. The van der Waals surface area contributed by atoms with Crippen molar-refractivity contribution < 1.29 is 14.6 Å². The van der Waals surface area contributed by atoms with E-state index in [0.717, 1.165) is 30.2 Å². The van der Waals surface area contributed by atoms with E-state index < -0.39 is 5.97 Å². The van der Waals surface area contributed by atoms with Gasteiger partial charge in [-0.15, -0.1) is 0 Å². The molecule has 150 valence electrons. The molecule has 0 unspecified atom stereocenters. The molecule has 8 nitrogen and oxygen atoms in total. The van der Waals surface area contributed by atoms with E-state index in [4.69, 9.17) is 9.72 Å². The molecule has 1 aliphatic heterocycles. The maximum Gasteiger partial charge on any atom is 0.336 e.